The molecule has 0 aliphatic heterocycles. The largest absolute Gasteiger partial charge is 0.325 e. The summed E-state index contributed by atoms with van der Waals surface area (Å²) in [5, 5.41) is 6.63. The van der Waals surface area contributed by atoms with Crippen LogP contribution in [0.25, 0.3) is 10.2 Å². The van der Waals surface area contributed by atoms with Gasteiger partial charge in [-0.25, -0.2) is 9.78 Å². The maximum Gasteiger partial charge on any atom is 0.325 e. The third-order valence-corrected chi connectivity index (χ3v) is 3.82. The number of urea groups is 1. The van der Waals surface area contributed by atoms with Crippen molar-refractivity contribution in [1.29, 1.82) is 0 Å². The van der Waals surface area contributed by atoms with Crippen molar-refractivity contribution < 1.29 is 4.79 Å². The van der Waals surface area contributed by atoms with Gasteiger partial charge in [-0.2, -0.15) is 0 Å². The Morgan fingerprint density at radius 1 is 1.05 bits per heavy atom. The molecule has 0 bridgehead atoms. The van der Waals surface area contributed by atoms with Crippen molar-refractivity contribution in [1.82, 2.24) is 4.98 Å². The smallest absolute Gasteiger partial charge is 0.308 e. The number of hydrogen-bond acceptors (Lipinski definition) is 3. The Hall–Kier alpha value is -2.11. The van der Waals surface area contributed by atoms with Crippen molar-refractivity contribution in [3.8, 4) is 0 Å². The highest BCUT2D eigenvalue weighted by atomic mass is 35.5. The molecule has 1 heterocycles. The van der Waals surface area contributed by atoms with E-state index in [0.717, 1.165) is 10.2 Å². The van der Waals surface area contributed by atoms with Crippen molar-refractivity contribution in [3.05, 3.63) is 53.6 Å². The fourth-order valence-corrected chi connectivity index (χ4v) is 2.71. The average Bonchev–Trinajstić information content (AvgIpc) is 2.83. The van der Waals surface area contributed by atoms with Crippen molar-refractivity contribution in [3.63, 3.8) is 0 Å². The van der Waals surface area contributed by atoms with Gasteiger partial charge < -0.3 is 5.32 Å². The van der Waals surface area contributed by atoms with Gasteiger partial charge in [0.15, 0.2) is 5.13 Å². The second-order valence-electron chi connectivity index (χ2n) is 4.07. The lowest BCUT2D eigenvalue weighted by Crippen LogP contribution is -2.19. The lowest BCUT2D eigenvalue weighted by atomic mass is 10.3. The quantitative estimate of drug-likeness (QED) is 0.727. The number of thiazole rings is 1. The van der Waals surface area contributed by atoms with Crippen LogP contribution in [-0.4, -0.2) is 11.0 Å². The van der Waals surface area contributed by atoms with Gasteiger partial charge in [-0.05, 0) is 36.4 Å². The van der Waals surface area contributed by atoms with Gasteiger partial charge >= 0.3 is 6.03 Å². The highest BCUT2D eigenvalue weighted by Crippen LogP contribution is 2.25. The number of nitrogens with zero attached hydrogens (tertiary/aromatic N) is 1. The molecule has 1 aromatic heterocycles. The van der Waals surface area contributed by atoms with E-state index in [4.69, 9.17) is 11.6 Å². The average molecular weight is 304 g/mol. The molecule has 0 saturated carbocycles. The summed E-state index contributed by atoms with van der Waals surface area (Å²) in [4.78, 5) is 16.2. The number of fused-ring (bicyclic) bond motifs is 1. The number of anilines is 2. The lowest BCUT2D eigenvalue weighted by Gasteiger charge is -2.04. The molecule has 4 nitrogen and oxygen atoms in total. The molecule has 2 N–H and O–H groups in total. The lowest BCUT2D eigenvalue weighted by molar-refractivity contribution is 0.262. The first-order valence-corrected chi connectivity index (χ1v) is 7.09. The van der Waals surface area contributed by atoms with Gasteiger partial charge in [-0.1, -0.05) is 35.1 Å². The third-order valence-electron chi connectivity index (χ3n) is 2.62. The maximum absolute atomic E-state index is 11.9. The Labute approximate surface area is 124 Å². The summed E-state index contributed by atoms with van der Waals surface area (Å²) >= 11 is 7.22. The monoisotopic (exact) mass is 303 g/mol. The standard InChI is InChI=1S/C14H10ClN3OS/c15-9-5-7-10(8-6-9)16-13(19)18-14-17-11-3-1-2-4-12(11)20-14/h1-8H,(H2,16,17,18,19). The maximum atomic E-state index is 11.9. The van der Waals surface area contributed by atoms with Gasteiger partial charge in [0.2, 0.25) is 0 Å². The van der Waals surface area contributed by atoms with Gasteiger partial charge in [0.25, 0.3) is 0 Å². The summed E-state index contributed by atoms with van der Waals surface area (Å²) in [5.41, 5.74) is 1.55. The molecule has 2 amide bonds. The number of carbonyl (C=O) groups is 1. The molecule has 2 aromatic carbocycles. The Morgan fingerprint density at radius 3 is 2.55 bits per heavy atom. The first-order valence-electron chi connectivity index (χ1n) is 5.90. The molecule has 100 valence electrons. The van der Waals surface area contributed by atoms with Crippen LogP contribution in [0.5, 0.6) is 0 Å². The Kier molecular flexibility index (Phi) is 3.54. The zero-order chi connectivity index (χ0) is 13.9. The van der Waals surface area contributed by atoms with Gasteiger partial charge in [0.1, 0.15) is 0 Å². The number of amides is 2. The van der Waals surface area contributed by atoms with Crippen LogP contribution in [-0.2, 0) is 0 Å². The zero-order valence-electron chi connectivity index (χ0n) is 10.3. The number of nitrogens with one attached hydrogen (secondary N) is 2. The van der Waals surface area contributed by atoms with Crippen molar-refractivity contribution in [2.45, 2.75) is 0 Å². The van der Waals surface area contributed by atoms with Crippen LogP contribution in [0.3, 0.4) is 0 Å². The number of hydrogen-bond donors (Lipinski definition) is 2. The Morgan fingerprint density at radius 2 is 1.80 bits per heavy atom. The van der Waals surface area contributed by atoms with E-state index in [1.165, 1.54) is 11.3 Å². The minimum atomic E-state index is -0.327. The van der Waals surface area contributed by atoms with E-state index in [-0.39, 0.29) is 6.03 Å². The van der Waals surface area contributed by atoms with E-state index in [2.05, 4.69) is 15.6 Å². The molecule has 3 rings (SSSR count). The number of carbonyl (C=O) groups excluding carboxylic acids is 1. The van der Waals surface area contributed by atoms with Crippen molar-refractivity contribution in [2.75, 3.05) is 10.6 Å². The first kappa shape index (κ1) is 12.9. The minimum Gasteiger partial charge on any atom is -0.308 e. The topological polar surface area (TPSA) is 54.0 Å². The van der Waals surface area contributed by atoms with Crippen LogP contribution < -0.4 is 10.6 Å². The van der Waals surface area contributed by atoms with Gasteiger partial charge in [0, 0.05) is 10.7 Å². The van der Waals surface area contributed by atoms with Crippen LogP contribution >= 0.6 is 22.9 Å². The number of rotatable bonds is 2. The first-order chi connectivity index (χ1) is 9.70. The van der Waals surface area contributed by atoms with Crippen molar-refractivity contribution in [2.24, 2.45) is 0 Å². The molecule has 20 heavy (non-hydrogen) atoms. The second kappa shape index (κ2) is 5.48. The second-order valence-corrected chi connectivity index (χ2v) is 5.54. The molecule has 0 atom stereocenters. The number of halogens is 1. The molecule has 0 unspecified atom stereocenters. The molecular formula is C14H10ClN3OS. The molecule has 3 aromatic rings. The van der Waals surface area contributed by atoms with Crippen LogP contribution in [0.2, 0.25) is 5.02 Å². The van der Waals surface area contributed by atoms with E-state index in [9.17, 15) is 4.79 Å². The normalized spacial score (nSPS) is 10.4. The number of para-hydroxylation sites is 1. The molecular weight excluding hydrogens is 294 g/mol. The predicted molar refractivity (Wildman–Crippen MR) is 83.7 cm³/mol. The summed E-state index contributed by atoms with van der Waals surface area (Å²) in [5.74, 6) is 0. The summed E-state index contributed by atoms with van der Waals surface area (Å²) in [6.07, 6.45) is 0. The SMILES string of the molecule is O=C(Nc1ccc(Cl)cc1)Nc1nc2ccccc2s1. The summed E-state index contributed by atoms with van der Waals surface area (Å²) < 4.78 is 1.04. The van der Waals surface area contributed by atoms with Gasteiger partial charge in [0.05, 0.1) is 10.2 Å². The van der Waals surface area contributed by atoms with Crippen LogP contribution in [0.4, 0.5) is 15.6 Å². The number of aromatic nitrogens is 1. The van der Waals surface area contributed by atoms with Crippen LogP contribution in [0, 0.1) is 0 Å². The fourth-order valence-electron chi connectivity index (χ4n) is 1.72. The minimum absolute atomic E-state index is 0.327. The highest BCUT2D eigenvalue weighted by Gasteiger charge is 2.07. The molecule has 6 heteroatoms. The molecule has 0 aliphatic rings. The van der Waals surface area contributed by atoms with Gasteiger partial charge in [-0.15, -0.1) is 0 Å². The molecule has 0 aliphatic carbocycles. The molecule has 0 saturated heterocycles. The summed E-state index contributed by atoms with van der Waals surface area (Å²) in [7, 11) is 0. The molecule has 0 fully saturated rings. The number of benzene rings is 2. The zero-order valence-corrected chi connectivity index (χ0v) is 11.8. The van der Waals surface area contributed by atoms with Gasteiger partial charge in [-0.3, -0.25) is 5.32 Å². The molecule has 0 spiro atoms. The fraction of sp³-hybridized carbons (Fsp3) is 0. The van der Waals surface area contributed by atoms with E-state index < -0.39 is 0 Å². The Bertz CT molecular complexity index is 721. The molecule has 0 radical (unpaired) electrons. The van der Waals surface area contributed by atoms with Crippen LogP contribution in [0.1, 0.15) is 0 Å². The van der Waals surface area contributed by atoms with E-state index in [1.807, 2.05) is 24.3 Å². The van der Waals surface area contributed by atoms with E-state index in [0.29, 0.717) is 15.8 Å². The predicted octanol–water partition coefficient (Wildman–Crippen LogP) is 4.59. The highest BCUT2D eigenvalue weighted by molar-refractivity contribution is 7.22. The third kappa shape index (κ3) is 2.89. The van der Waals surface area contributed by atoms with Crippen molar-refractivity contribution >= 4 is 50.0 Å². The van der Waals surface area contributed by atoms with E-state index in [1.54, 1.807) is 24.3 Å². The van der Waals surface area contributed by atoms with Crippen LogP contribution in [0.15, 0.2) is 48.5 Å². The van der Waals surface area contributed by atoms with E-state index >= 15 is 0 Å². The Balaban J connectivity index is 1.70. The summed E-state index contributed by atoms with van der Waals surface area (Å²) in [6, 6.07) is 14.3. The summed E-state index contributed by atoms with van der Waals surface area (Å²) in [6.45, 7) is 0.